The smallest absolute Gasteiger partial charge is 0.205 e. The summed E-state index contributed by atoms with van der Waals surface area (Å²) in [5.41, 5.74) is 3.60. The van der Waals surface area contributed by atoms with Crippen LogP contribution in [0.1, 0.15) is 5.56 Å². The minimum absolute atomic E-state index is 0.440. The van der Waals surface area contributed by atoms with Crippen LogP contribution in [-0.4, -0.2) is 33.4 Å². The van der Waals surface area contributed by atoms with Gasteiger partial charge in [0, 0.05) is 12.7 Å². The van der Waals surface area contributed by atoms with Crippen LogP contribution in [0, 0.1) is 6.92 Å². The highest BCUT2D eigenvalue weighted by Gasteiger charge is 2.10. The summed E-state index contributed by atoms with van der Waals surface area (Å²) in [4.78, 5) is 8.09. The molecule has 0 radical (unpaired) electrons. The van der Waals surface area contributed by atoms with E-state index in [0.29, 0.717) is 23.9 Å². The topological polar surface area (TPSA) is 103 Å². The molecule has 2 aromatic rings. The third-order valence-electron chi connectivity index (χ3n) is 2.54. The second kappa shape index (κ2) is 6.01. The molecule has 2 aromatic heterocycles. The van der Waals surface area contributed by atoms with Crippen LogP contribution in [0.25, 0.3) is 0 Å². The van der Waals surface area contributed by atoms with Crippen molar-refractivity contribution >= 4 is 11.6 Å². The molecule has 0 atom stereocenters. The van der Waals surface area contributed by atoms with Crippen molar-refractivity contribution in [2.45, 2.75) is 13.5 Å². The predicted octanol–water partition coefficient (Wildman–Crippen LogP) is 0.388. The third-order valence-corrected chi connectivity index (χ3v) is 2.54. The third kappa shape index (κ3) is 3.10. The highest BCUT2D eigenvalue weighted by molar-refractivity contribution is 5.62. The highest BCUT2D eigenvalue weighted by atomic mass is 16.5. The molecule has 102 valence electrons. The molecule has 0 saturated carbocycles. The molecule has 0 aliphatic carbocycles. The number of aromatic nitrogens is 4. The number of ether oxygens (including phenoxy) is 1. The fourth-order valence-electron chi connectivity index (χ4n) is 1.67. The molecular formula is C11H17N7O. The summed E-state index contributed by atoms with van der Waals surface area (Å²) in [5, 5.41) is 7.37. The lowest BCUT2D eigenvalue weighted by Crippen LogP contribution is -2.15. The second-order valence-corrected chi connectivity index (χ2v) is 3.96. The van der Waals surface area contributed by atoms with E-state index in [2.05, 4.69) is 25.8 Å². The number of hydrazine groups is 1. The number of nitrogens with one attached hydrogen (secondary N) is 2. The number of aryl methyl sites for hydroxylation is 1. The van der Waals surface area contributed by atoms with Gasteiger partial charge in [0.2, 0.25) is 5.75 Å². The Morgan fingerprint density at radius 1 is 1.37 bits per heavy atom. The van der Waals surface area contributed by atoms with E-state index in [1.807, 2.05) is 24.0 Å². The normalized spacial score (nSPS) is 10.3. The maximum Gasteiger partial charge on any atom is 0.205 e. The van der Waals surface area contributed by atoms with Gasteiger partial charge in [-0.2, -0.15) is 5.10 Å². The summed E-state index contributed by atoms with van der Waals surface area (Å²) in [6, 6.07) is 0. The van der Waals surface area contributed by atoms with Crippen molar-refractivity contribution in [3.05, 3.63) is 24.3 Å². The highest BCUT2D eigenvalue weighted by Crippen LogP contribution is 2.27. The van der Waals surface area contributed by atoms with Gasteiger partial charge in [0.1, 0.15) is 6.33 Å². The van der Waals surface area contributed by atoms with Gasteiger partial charge >= 0.3 is 0 Å². The van der Waals surface area contributed by atoms with Crippen LogP contribution in [-0.2, 0) is 6.54 Å². The van der Waals surface area contributed by atoms with Crippen LogP contribution >= 0.6 is 0 Å². The van der Waals surface area contributed by atoms with Crippen molar-refractivity contribution in [2.24, 2.45) is 5.84 Å². The van der Waals surface area contributed by atoms with E-state index in [9.17, 15) is 0 Å². The Hall–Kier alpha value is -2.35. The van der Waals surface area contributed by atoms with Gasteiger partial charge in [0.15, 0.2) is 11.6 Å². The average Bonchev–Trinajstić information content (AvgIpc) is 2.84. The van der Waals surface area contributed by atoms with Gasteiger partial charge < -0.3 is 15.5 Å². The number of nitrogens with zero attached hydrogens (tertiary/aromatic N) is 4. The van der Waals surface area contributed by atoms with Crippen LogP contribution in [0.3, 0.4) is 0 Å². The molecule has 0 amide bonds. The van der Waals surface area contributed by atoms with Gasteiger partial charge in [0.25, 0.3) is 0 Å². The quantitative estimate of drug-likeness (QED) is 0.511. The first-order valence-electron chi connectivity index (χ1n) is 5.83. The molecule has 19 heavy (non-hydrogen) atoms. The Kier molecular flexibility index (Phi) is 4.14. The molecule has 0 bridgehead atoms. The molecule has 0 aliphatic rings. The summed E-state index contributed by atoms with van der Waals surface area (Å²) in [7, 11) is 1.54. The monoisotopic (exact) mass is 263 g/mol. The zero-order chi connectivity index (χ0) is 13.7. The van der Waals surface area contributed by atoms with Gasteiger partial charge in [0.05, 0.1) is 19.9 Å². The molecule has 2 rings (SSSR count). The summed E-state index contributed by atoms with van der Waals surface area (Å²) >= 11 is 0. The van der Waals surface area contributed by atoms with Crippen LogP contribution in [0.4, 0.5) is 11.6 Å². The Morgan fingerprint density at radius 2 is 2.16 bits per heavy atom. The molecule has 0 aromatic carbocycles. The minimum Gasteiger partial charge on any atom is -0.490 e. The minimum atomic E-state index is 0.440. The van der Waals surface area contributed by atoms with Crippen molar-refractivity contribution in [1.29, 1.82) is 0 Å². The molecule has 0 unspecified atom stereocenters. The standard InChI is InChI=1S/C11H17N7O/c1-8-5-16-18(6-8)4-3-13-10-9(19-2)11(17-12)15-7-14-10/h5-7H,3-4,12H2,1-2H3,(H2,13,14,15,17). The SMILES string of the molecule is COc1c(NN)ncnc1NCCn1cc(C)cn1. The average molecular weight is 263 g/mol. The molecule has 2 heterocycles. The molecule has 0 fully saturated rings. The second-order valence-electron chi connectivity index (χ2n) is 3.96. The van der Waals surface area contributed by atoms with E-state index in [0.717, 1.165) is 12.1 Å². The van der Waals surface area contributed by atoms with Crippen LogP contribution in [0.2, 0.25) is 0 Å². The Bertz CT molecular complexity index is 540. The van der Waals surface area contributed by atoms with Crippen molar-refractivity contribution < 1.29 is 4.74 Å². The molecule has 8 nitrogen and oxygen atoms in total. The van der Waals surface area contributed by atoms with Crippen LogP contribution < -0.4 is 21.3 Å². The van der Waals surface area contributed by atoms with Crippen LogP contribution in [0.15, 0.2) is 18.7 Å². The lowest BCUT2D eigenvalue weighted by atomic mass is 10.4. The van der Waals surface area contributed by atoms with E-state index in [4.69, 9.17) is 10.6 Å². The fraction of sp³-hybridized carbons (Fsp3) is 0.364. The number of nitrogen functional groups attached to an aromatic ring is 1. The van der Waals surface area contributed by atoms with Gasteiger partial charge in [-0.25, -0.2) is 15.8 Å². The van der Waals surface area contributed by atoms with Crippen molar-refractivity contribution in [3.8, 4) is 5.75 Å². The van der Waals surface area contributed by atoms with E-state index < -0.39 is 0 Å². The maximum atomic E-state index is 5.36. The van der Waals surface area contributed by atoms with Crippen LogP contribution in [0.5, 0.6) is 5.75 Å². The summed E-state index contributed by atoms with van der Waals surface area (Å²) < 4.78 is 7.08. The van der Waals surface area contributed by atoms with E-state index >= 15 is 0 Å². The fourth-order valence-corrected chi connectivity index (χ4v) is 1.67. The first-order valence-corrected chi connectivity index (χ1v) is 5.83. The Morgan fingerprint density at radius 3 is 2.79 bits per heavy atom. The maximum absolute atomic E-state index is 5.36. The molecular weight excluding hydrogens is 246 g/mol. The van der Waals surface area contributed by atoms with E-state index in [1.165, 1.54) is 6.33 Å². The Balaban J connectivity index is 1.99. The zero-order valence-corrected chi connectivity index (χ0v) is 10.9. The number of hydrogen-bond acceptors (Lipinski definition) is 7. The number of nitrogens with two attached hydrogens (primary N) is 1. The molecule has 4 N–H and O–H groups in total. The van der Waals surface area contributed by atoms with Gasteiger partial charge in [-0.05, 0) is 12.5 Å². The lowest BCUT2D eigenvalue weighted by molar-refractivity contribution is 0.414. The summed E-state index contributed by atoms with van der Waals surface area (Å²) in [6.45, 7) is 3.40. The largest absolute Gasteiger partial charge is 0.490 e. The molecule has 0 aliphatic heterocycles. The number of rotatable bonds is 6. The summed E-state index contributed by atoms with van der Waals surface area (Å²) in [5.74, 6) is 6.87. The van der Waals surface area contributed by atoms with Gasteiger partial charge in [-0.1, -0.05) is 0 Å². The first kappa shape index (κ1) is 13.1. The van der Waals surface area contributed by atoms with Gasteiger partial charge in [-0.3, -0.25) is 4.68 Å². The van der Waals surface area contributed by atoms with Gasteiger partial charge in [-0.15, -0.1) is 0 Å². The zero-order valence-electron chi connectivity index (χ0n) is 10.9. The van der Waals surface area contributed by atoms with Crippen molar-refractivity contribution in [1.82, 2.24) is 19.7 Å². The molecule has 8 heteroatoms. The summed E-state index contributed by atoms with van der Waals surface area (Å²) in [6.07, 6.45) is 5.21. The predicted molar refractivity (Wildman–Crippen MR) is 71.8 cm³/mol. The van der Waals surface area contributed by atoms with Crippen molar-refractivity contribution in [3.63, 3.8) is 0 Å². The van der Waals surface area contributed by atoms with E-state index in [-0.39, 0.29) is 0 Å². The lowest BCUT2D eigenvalue weighted by Gasteiger charge is -2.12. The van der Waals surface area contributed by atoms with E-state index in [1.54, 1.807) is 7.11 Å². The number of hydrogen-bond donors (Lipinski definition) is 3. The Labute approximate surface area is 111 Å². The molecule has 0 saturated heterocycles. The number of anilines is 2. The van der Waals surface area contributed by atoms with Crippen molar-refractivity contribution in [2.75, 3.05) is 24.4 Å². The molecule has 0 spiro atoms. The first-order chi connectivity index (χ1) is 9.24. The number of methoxy groups -OCH3 is 1.